The summed E-state index contributed by atoms with van der Waals surface area (Å²) in [5.41, 5.74) is 4.05. The molecule has 25 heavy (non-hydrogen) atoms. The second kappa shape index (κ2) is 6.79. The lowest BCUT2D eigenvalue weighted by Crippen LogP contribution is -2.37. The van der Waals surface area contributed by atoms with Gasteiger partial charge < -0.3 is 14.4 Å². The lowest BCUT2D eigenvalue weighted by atomic mass is 9.98. The van der Waals surface area contributed by atoms with Gasteiger partial charge in [-0.25, -0.2) is 4.79 Å². The minimum atomic E-state index is -0.504. The summed E-state index contributed by atoms with van der Waals surface area (Å²) in [6.07, 6.45) is -0.301. The molecule has 0 aliphatic carbocycles. The number of carbonyl (C=O) groups is 1. The van der Waals surface area contributed by atoms with Crippen molar-refractivity contribution in [3.05, 3.63) is 53.6 Å². The van der Waals surface area contributed by atoms with E-state index in [1.54, 1.807) is 4.90 Å². The highest BCUT2D eigenvalue weighted by atomic mass is 16.6. The van der Waals surface area contributed by atoms with Crippen LogP contribution in [0.4, 0.5) is 4.79 Å². The first-order valence-corrected chi connectivity index (χ1v) is 8.63. The molecule has 0 atom stereocenters. The van der Waals surface area contributed by atoms with Crippen LogP contribution in [0.3, 0.4) is 0 Å². The molecular formula is C21H25NO3. The zero-order valence-corrected chi connectivity index (χ0v) is 15.3. The van der Waals surface area contributed by atoms with E-state index in [4.69, 9.17) is 9.47 Å². The number of benzene rings is 2. The maximum Gasteiger partial charge on any atom is 0.410 e. The zero-order chi connectivity index (χ0) is 18.0. The van der Waals surface area contributed by atoms with Crippen LogP contribution in [-0.2, 0) is 11.3 Å². The molecule has 0 radical (unpaired) electrons. The molecule has 132 valence electrons. The molecule has 2 aromatic rings. The van der Waals surface area contributed by atoms with Gasteiger partial charge in [0.2, 0.25) is 0 Å². The van der Waals surface area contributed by atoms with Crippen LogP contribution in [0.5, 0.6) is 5.75 Å². The predicted molar refractivity (Wildman–Crippen MR) is 98.8 cm³/mol. The summed E-state index contributed by atoms with van der Waals surface area (Å²) in [6.45, 7) is 9.21. The average Bonchev–Trinajstić information content (AvgIpc) is 2.75. The van der Waals surface area contributed by atoms with Crippen LogP contribution in [0, 0.1) is 6.92 Å². The Hall–Kier alpha value is -2.49. The maximum atomic E-state index is 12.4. The van der Waals surface area contributed by atoms with Crippen LogP contribution in [0.2, 0.25) is 0 Å². The monoisotopic (exact) mass is 339 g/mol. The first-order valence-electron chi connectivity index (χ1n) is 8.63. The van der Waals surface area contributed by atoms with E-state index in [0.717, 1.165) is 16.9 Å². The molecule has 4 heteroatoms. The van der Waals surface area contributed by atoms with Crippen molar-refractivity contribution < 1.29 is 14.3 Å². The first-order chi connectivity index (χ1) is 11.8. The van der Waals surface area contributed by atoms with E-state index in [9.17, 15) is 4.79 Å². The Balaban J connectivity index is 1.88. The number of rotatable bonds is 1. The van der Waals surface area contributed by atoms with Gasteiger partial charge >= 0.3 is 6.09 Å². The number of amides is 1. The molecule has 0 fully saturated rings. The largest absolute Gasteiger partial charge is 0.491 e. The SMILES string of the molecule is Cc1ccccc1-c1ccc2c(c1)CN(C(=O)OC(C)(C)C)CCO2. The Labute approximate surface area is 149 Å². The van der Waals surface area contributed by atoms with Crippen LogP contribution in [0.1, 0.15) is 31.9 Å². The van der Waals surface area contributed by atoms with Gasteiger partial charge in [0.05, 0.1) is 13.1 Å². The van der Waals surface area contributed by atoms with Crippen molar-refractivity contribution >= 4 is 6.09 Å². The topological polar surface area (TPSA) is 38.8 Å². The summed E-state index contributed by atoms with van der Waals surface area (Å²) in [7, 11) is 0. The maximum absolute atomic E-state index is 12.4. The van der Waals surface area contributed by atoms with Crippen LogP contribution in [0.25, 0.3) is 11.1 Å². The van der Waals surface area contributed by atoms with Gasteiger partial charge in [-0.15, -0.1) is 0 Å². The Morgan fingerprint density at radius 1 is 1.16 bits per heavy atom. The van der Waals surface area contributed by atoms with Gasteiger partial charge in [0.1, 0.15) is 18.0 Å². The van der Waals surface area contributed by atoms with Crippen LogP contribution < -0.4 is 4.74 Å². The Kier molecular flexibility index (Phi) is 4.71. The van der Waals surface area contributed by atoms with E-state index in [1.807, 2.05) is 39.0 Å². The summed E-state index contributed by atoms with van der Waals surface area (Å²) in [5.74, 6) is 0.836. The van der Waals surface area contributed by atoms with Crippen LogP contribution in [0.15, 0.2) is 42.5 Å². The summed E-state index contributed by atoms with van der Waals surface area (Å²) in [6, 6.07) is 14.5. The second-order valence-corrected chi connectivity index (χ2v) is 7.39. The fourth-order valence-corrected chi connectivity index (χ4v) is 2.94. The van der Waals surface area contributed by atoms with Crippen molar-refractivity contribution in [3.63, 3.8) is 0 Å². The molecule has 1 aliphatic rings. The van der Waals surface area contributed by atoms with Gasteiger partial charge in [-0.1, -0.05) is 30.3 Å². The van der Waals surface area contributed by atoms with E-state index in [-0.39, 0.29) is 6.09 Å². The number of fused-ring (bicyclic) bond motifs is 1. The highest BCUT2D eigenvalue weighted by Crippen LogP contribution is 2.31. The van der Waals surface area contributed by atoms with E-state index in [0.29, 0.717) is 19.7 Å². The summed E-state index contributed by atoms with van der Waals surface area (Å²) >= 11 is 0. The van der Waals surface area contributed by atoms with Gasteiger partial charge in [-0.05, 0) is 56.5 Å². The second-order valence-electron chi connectivity index (χ2n) is 7.39. The van der Waals surface area contributed by atoms with Crippen molar-refractivity contribution in [1.82, 2.24) is 4.90 Å². The molecule has 1 aliphatic heterocycles. The number of aryl methyl sites for hydroxylation is 1. The van der Waals surface area contributed by atoms with Gasteiger partial charge in [-0.2, -0.15) is 0 Å². The molecule has 0 unspecified atom stereocenters. The molecule has 0 saturated heterocycles. The molecule has 0 aromatic heterocycles. The lowest BCUT2D eigenvalue weighted by Gasteiger charge is -2.26. The minimum Gasteiger partial charge on any atom is -0.491 e. The average molecular weight is 339 g/mol. The van der Waals surface area contributed by atoms with Crippen LogP contribution >= 0.6 is 0 Å². The highest BCUT2D eigenvalue weighted by molar-refractivity contribution is 5.71. The molecule has 4 nitrogen and oxygen atoms in total. The van der Waals surface area contributed by atoms with Crippen molar-refractivity contribution in [3.8, 4) is 16.9 Å². The van der Waals surface area contributed by atoms with Crippen molar-refractivity contribution in [2.24, 2.45) is 0 Å². The third-order valence-electron chi connectivity index (χ3n) is 4.15. The number of carbonyl (C=O) groups excluding carboxylic acids is 1. The van der Waals surface area contributed by atoms with E-state index >= 15 is 0 Å². The Bertz CT molecular complexity index is 777. The molecule has 0 spiro atoms. The lowest BCUT2D eigenvalue weighted by molar-refractivity contribution is 0.0225. The fourth-order valence-electron chi connectivity index (χ4n) is 2.94. The molecule has 1 heterocycles. The third kappa shape index (κ3) is 4.13. The molecule has 1 amide bonds. The standard InChI is InChI=1S/C21H25NO3/c1-15-7-5-6-8-18(15)16-9-10-19-17(13-16)14-22(11-12-24-19)20(23)25-21(2,3)4/h5-10,13H,11-12,14H2,1-4H3. The van der Waals surface area contributed by atoms with Gasteiger partial charge in [-0.3, -0.25) is 0 Å². The smallest absolute Gasteiger partial charge is 0.410 e. The van der Waals surface area contributed by atoms with Gasteiger partial charge in [0.15, 0.2) is 0 Å². The molecule has 2 aromatic carbocycles. The quantitative estimate of drug-likeness (QED) is 0.750. The number of nitrogens with zero attached hydrogens (tertiary/aromatic N) is 1. The normalized spacial score (nSPS) is 14.3. The summed E-state index contributed by atoms with van der Waals surface area (Å²) in [5, 5.41) is 0. The molecule has 0 bridgehead atoms. The van der Waals surface area contributed by atoms with Gasteiger partial charge in [0, 0.05) is 5.56 Å². The first kappa shape index (κ1) is 17.3. The highest BCUT2D eigenvalue weighted by Gasteiger charge is 2.25. The van der Waals surface area contributed by atoms with Crippen molar-refractivity contribution in [2.75, 3.05) is 13.2 Å². The van der Waals surface area contributed by atoms with Crippen molar-refractivity contribution in [1.29, 1.82) is 0 Å². The number of ether oxygens (including phenoxy) is 2. The van der Waals surface area contributed by atoms with Crippen molar-refractivity contribution in [2.45, 2.75) is 39.8 Å². The number of hydrogen-bond donors (Lipinski definition) is 0. The molecule has 0 N–H and O–H groups in total. The van der Waals surface area contributed by atoms with Crippen LogP contribution in [-0.4, -0.2) is 29.7 Å². The molecule has 0 saturated carbocycles. The van der Waals surface area contributed by atoms with E-state index in [1.165, 1.54) is 11.1 Å². The molecule has 3 rings (SSSR count). The zero-order valence-electron chi connectivity index (χ0n) is 15.3. The van der Waals surface area contributed by atoms with E-state index < -0.39 is 5.60 Å². The minimum absolute atomic E-state index is 0.301. The summed E-state index contributed by atoms with van der Waals surface area (Å²) in [4.78, 5) is 14.1. The molecular weight excluding hydrogens is 314 g/mol. The summed E-state index contributed by atoms with van der Waals surface area (Å²) < 4.78 is 11.3. The predicted octanol–water partition coefficient (Wildman–Crippen LogP) is 4.79. The van der Waals surface area contributed by atoms with E-state index in [2.05, 4.69) is 31.2 Å². The van der Waals surface area contributed by atoms with Gasteiger partial charge in [0.25, 0.3) is 0 Å². The fraction of sp³-hybridized carbons (Fsp3) is 0.381. The third-order valence-corrected chi connectivity index (χ3v) is 4.15. The Morgan fingerprint density at radius 2 is 1.92 bits per heavy atom. The number of hydrogen-bond acceptors (Lipinski definition) is 3. The Morgan fingerprint density at radius 3 is 2.64 bits per heavy atom.